The van der Waals surface area contributed by atoms with E-state index in [1.165, 1.54) is 0 Å². The van der Waals surface area contributed by atoms with Gasteiger partial charge in [0.25, 0.3) is 0 Å². The smallest absolute Gasteiger partial charge is 0.242 e. The van der Waals surface area contributed by atoms with Gasteiger partial charge < -0.3 is 15.4 Å². The average molecular weight is 453 g/mol. The van der Waals surface area contributed by atoms with Crippen LogP contribution in [0.4, 0.5) is 5.95 Å². The predicted molar refractivity (Wildman–Crippen MR) is 113 cm³/mol. The lowest BCUT2D eigenvalue weighted by atomic mass is 10.2. The normalized spacial score (nSPS) is 16.3. The fourth-order valence-corrected chi connectivity index (χ4v) is 3.89. The Hall–Kier alpha value is -3.20. The molecule has 2 N–H and O–H groups in total. The van der Waals surface area contributed by atoms with Gasteiger partial charge in [-0.2, -0.15) is 4.52 Å². The maximum Gasteiger partial charge on any atom is 0.242 e. The zero-order chi connectivity index (χ0) is 20.0. The number of halogens is 1. The Kier molecular flexibility index (Phi) is 4.31. The molecular weight excluding hydrogens is 436 g/mol. The van der Waals surface area contributed by atoms with Crippen LogP contribution in [-0.4, -0.2) is 45.2 Å². The number of para-hydroxylation sites is 1. The molecule has 0 unspecified atom stereocenters. The SMILES string of the molecule is COc1ccc(-c2nc3c4cccc(Br)c4nc(N[C@@H]4CCNC4=O)n3n2)cc1. The molecule has 1 saturated heterocycles. The van der Waals surface area contributed by atoms with E-state index in [-0.39, 0.29) is 11.9 Å². The summed E-state index contributed by atoms with van der Waals surface area (Å²) in [5.74, 6) is 1.78. The van der Waals surface area contributed by atoms with E-state index in [1.807, 2.05) is 42.5 Å². The van der Waals surface area contributed by atoms with Gasteiger partial charge in [-0.3, -0.25) is 4.79 Å². The van der Waals surface area contributed by atoms with E-state index in [0.29, 0.717) is 30.4 Å². The van der Waals surface area contributed by atoms with Crippen LogP contribution in [0.1, 0.15) is 6.42 Å². The molecule has 2 aromatic carbocycles. The van der Waals surface area contributed by atoms with Crippen LogP contribution >= 0.6 is 15.9 Å². The second-order valence-corrected chi connectivity index (χ2v) is 7.60. The minimum atomic E-state index is -0.348. The van der Waals surface area contributed by atoms with Crippen LogP contribution in [0.5, 0.6) is 5.75 Å². The summed E-state index contributed by atoms with van der Waals surface area (Å²) in [7, 11) is 1.63. The highest BCUT2D eigenvalue weighted by molar-refractivity contribution is 9.10. The molecule has 1 aliphatic rings. The van der Waals surface area contributed by atoms with Crippen molar-refractivity contribution in [1.29, 1.82) is 0 Å². The Morgan fingerprint density at radius 1 is 1.21 bits per heavy atom. The van der Waals surface area contributed by atoms with E-state index < -0.39 is 0 Å². The van der Waals surface area contributed by atoms with Crippen molar-refractivity contribution in [1.82, 2.24) is 24.9 Å². The number of rotatable bonds is 4. The summed E-state index contributed by atoms with van der Waals surface area (Å²) in [4.78, 5) is 21.6. The fraction of sp³-hybridized carbons (Fsp3) is 0.200. The summed E-state index contributed by atoms with van der Waals surface area (Å²) in [5.41, 5.74) is 2.29. The monoisotopic (exact) mass is 452 g/mol. The fourth-order valence-electron chi connectivity index (χ4n) is 3.44. The number of ether oxygens (including phenoxy) is 1. The molecule has 9 heteroatoms. The second kappa shape index (κ2) is 7.00. The highest BCUT2D eigenvalue weighted by atomic mass is 79.9. The van der Waals surface area contributed by atoms with E-state index in [4.69, 9.17) is 14.7 Å². The molecule has 1 amide bonds. The molecule has 5 rings (SSSR count). The number of methoxy groups -OCH3 is 1. The molecule has 0 radical (unpaired) electrons. The van der Waals surface area contributed by atoms with Crippen molar-refractivity contribution in [3.05, 3.63) is 46.9 Å². The number of aromatic nitrogens is 4. The van der Waals surface area contributed by atoms with Crippen molar-refractivity contribution >= 4 is 44.3 Å². The molecule has 2 aromatic heterocycles. The summed E-state index contributed by atoms with van der Waals surface area (Å²) < 4.78 is 7.75. The summed E-state index contributed by atoms with van der Waals surface area (Å²) in [6.45, 7) is 0.644. The van der Waals surface area contributed by atoms with Crippen molar-refractivity contribution in [2.45, 2.75) is 12.5 Å². The highest BCUT2D eigenvalue weighted by Gasteiger charge is 2.26. The molecule has 8 nitrogen and oxygen atoms in total. The second-order valence-electron chi connectivity index (χ2n) is 6.75. The molecule has 1 atom stereocenters. The molecule has 0 aliphatic carbocycles. The summed E-state index contributed by atoms with van der Waals surface area (Å²) in [5, 5.41) is 11.6. The summed E-state index contributed by atoms with van der Waals surface area (Å²) in [6.07, 6.45) is 0.691. The number of benzene rings is 2. The largest absolute Gasteiger partial charge is 0.497 e. The third kappa shape index (κ3) is 3.07. The van der Waals surface area contributed by atoms with Crippen molar-refractivity contribution in [3.63, 3.8) is 0 Å². The zero-order valence-corrected chi connectivity index (χ0v) is 17.1. The van der Waals surface area contributed by atoms with Crippen LogP contribution in [-0.2, 0) is 4.79 Å². The van der Waals surface area contributed by atoms with Crippen LogP contribution < -0.4 is 15.4 Å². The minimum absolute atomic E-state index is 0.0392. The first-order chi connectivity index (χ1) is 14.1. The van der Waals surface area contributed by atoms with Gasteiger partial charge in [0.15, 0.2) is 11.5 Å². The highest BCUT2D eigenvalue weighted by Crippen LogP contribution is 2.29. The number of anilines is 1. The lowest BCUT2D eigenvalue weighted by molar-refractivity contribution is -0.119. The van der Waals surface area contributed by atoms with Crippen LogP contribution in [0.15, 0.2) is 46.9 Å². The number of hydrogen-bond acceptors (Lipinski definition) is 6. The Balaban J connectivity index is 1.70. The van der Waals surface area contributed by atoms with E-state index >= 15 is 0 Å². The van der Waals surface area contributed by atoms with Crippen LogP contribution in [0.3, 0.4) is 0 Å². The molecular formula is C20H17BrN6O2. The van der Waals surface area contributed by atoms with Crippen LogP contribution in [0.2, 0.25) is 0 Å². The molecule has 0 spiro atoms. The number of carbonyl (C=O) groups is 1. The molecule has 1 fully saturated rings. The van der Waals surface area contributed by atoms with Gasteiger partial charge in [-0.05, 0) is 58.7 Å². The van der Waals surface area contributed by atoms with Gasteiger partial charge in [-0.1, -0.05) is 6.07 Å². The Morgan fingerprint density at radius 2 is 2.03 bits per heavy atom. The lowest BCUT2D eigenvalue weighted by Gasteiger charge is -2.13. The Bertz CT molecular complexity index is 1240. The predicted octanol–water partition coefficient (Wildman–Crippen LogP) is 3.02. The molecule has 3 heterocycles. The standard InChI is InChI=1S/C20H17BrN6O2/c1-29-12-7-5-11(6-8-12)17-25-18-13-3-2-4-14(21)16(13)24-20(27(18)26-17)23-15-9-10-22-19(15)28/h2-8,15H,9-10H2,1H3,(H,22,28)(H,23,24)/t15-/m1/s1. The van der Waals surface area contributed by atoms with Crippen LogP contribution in [0, 0.1) is 0 Å². The van der Waals surface area contributed by atoms with Crippen LogP contribution in [0.25, 0.3) is 27.9 Å². The van der Waals surface area contributed by atoms with Gasteiger partial charge in [0.2, 0.25) is 11.9 Å². The van der Waals surface area contributed by atoms with E-state index in [0.717, 1.165) is 26.7 Å². The number of nitrogens with zero attached hydrogens (tertiary/aromatic N) is 4. The maximum atomic E-state index is 12.1. The molecule has 29 heavy (non-hydrogen) atoms. The molecule has 0 bridgehead atoms. The number of carbonyl (C=O) groups excluding carboxylic acids is 1. The Morgan fingerprint density at radius 3 is 2.76 bits per heavy atom. The minimum Gasteiger partial charge on any atom is -0.497 e. The first-order valence-electron chi connectivity index (χ1n) is 9.18. The number of fused-ring (bicyclic) bond motifs is 3. The van der Waals surface area contributed by atoms with Gasteiger partial charge in [0.05, 0.1) is 12.6 Å². The molecule has 0 saturated carbocycles. The van der Waals surface area contributed by atoms with Gasteiger partial charge in [0, 0.05) is 22.0 Å². The van der Waals surface area contributed by atoms with Crippen molar-refractivity contribution < 1.29 is 9.53 Å². The van der Waals surface area contributed by atoms with Crippen molar-refractivity contribution in [2.24, 2.45) is 0 Å². The van der Waals surface area contributed by atoms with Crippen molar-refractivity contribution in [3.8, 4) is 17.1 Å². The van der Waals surface area contributed by atoms with Crippen molar-refractivity contribution in [2.75, 3.05) is 19.0 Å². The number of hydrogen-bond donors (Lipinski definition) is 2. The molecule has 1 aliphatic heterocycles. The maximum absolute atomic E-state index is 12.1. The van der Waals surface area contributed by atoms with Gasteiger partial charge in [-0.25, -0.2) is 9.97 Å². The summed E-state index contributed by atoms with van der Waals surface area (Å²) in [6, 6.07) is 13.0. The van der Waals surface area contributed by atoms with Gasteiger partial charge >= 0.3 is 0 Å². The zero-order valence-electron chi connectivity index (χ0n) is 15.5. The molecule has 146 valence electrons. The number of nitrogens with one attached hydrogen (secondary N) is 2. The molecule has 4 aromatic rings. The summed E-state index contributed by atoms with van der Waals surface area (Å²) >= 11 is 3.57. The van der Waals surface area contributed by atoms with Gasteiger partial charge in [-0.15, -0.1) is 5.10 Å². The van der Waals surface area contributed by atoms with E-state index in [1.54, 1.807) is 11.6 Å². The third-order valence-electron chi connectivity index (χ3n) is 4.95. The Labute approximate surface area is 174 Å². The average Bonchev–Trinajstić information content (AvgIpc) is 3.36. The first-order valence-corrected chi connectivity index (χ1v) is 9.97. The van der Waals surface area contributed by atoms with E-state index in [9.17, 15) is 4.79 Å². The van der Waals surface area contributed by atoms with E-state index in [2.05, 4.69) is 31.7 Å². The quantitative estimate of drug-likeness (QED) is 0.494. The topological polar surface area (TPSA) is 93.4 Å². The van der Waals surface area contributed by atoms with Gasteiger partial charge in [0.1, 0.15) is 11.8 Å². The lowest BCUT2D eigenvalue weighted by Crippen LogP contribution is -2.30. The first kappa shape index (κ1) is 17.9. The third-order valence-corrected chi connectivity index (χ3v) is 5.59. The number of amides is 1.